The Morgan fingerprint density at radius 1 is 1.35 bits per heavy atom. The molecule has 8 nitrogen and oxygen atoms in total. The second kappa shape index (κ2) is 5.46. The van der Waals surface area contributed by atoms with Gasteiger partial charge in [0.2, 0.25) is 6.54 Å². The molecule has 0 radical (unpaired) electrons. The van der Waals surface area contributed by atoms with Gasteiger partial charge in [-0.05, 0) is 12.8 Å². The van der Waals surface area contributed by atoms with Crippen LogP contribution in [-0.2, 0) is 14.3 Å². The van der Waals surface area contributed by atoms with Crippen LogP contribution in [0.4, 0.5) is 4.79 Å². The summed E-state index contributed by atoms with van der Waals surface area (Å²) in [7, 11) is 2.37. The first-order valence-electron chi connectivity index (χ1n) is 5.07. The molecule has 0 bridgehead atoms. The van der Waals surface area contributed by atoms with Crippen molar-refractivity contribution in [3.8, 4) is 0 Å². The lowest BCUT2D eigenvalue weighted by molar-refractivity contribution is -0.485. The van der Waals surface area contributed by atoms with E-state index in [1.807, 2.05) is 0 Å². The Morgan fingerprint density at radius 2 is 2.00 bits per heavy atom. The summed E-state index contributed by atoms with van der Waals surface area (Å²) in [6.07, 6.45) is -0.0133. The molecule has 1 rings (SSSR count). The van der Waals surface area contributed by atoms with Crippen molar-refractivity contribution in [2.24, 2.45) is 0 Å². The maximum absolute atomic E-state index is 11.5. The summed E-state index contributed by atoms with van der Waals surface area (Å²) in [5.74, 6) is -0.582. The molecule has 1 heterocycles. The van der Waals surface area contributed by atoms with E-state index in [9.17, 15) is 19.7 Å². The third-order valence-electron chi connectivity index (χ3n) is 2.72. The van der Waals surface area contributed by atoms with E-state index in [4.69, 9.17) is 0 Å². The van der Waals surface area contributed by atoms with Crippen LogP contribution in [0, 0.1) is 10.1 Å². The van der Waals surface area contributed by atoms with Crippen LogP contribution in [0.2, 0.25) is 0 Å². The van der Waals surface area contributed by atoms with E-state index in [2.05, 4.69) is 9.47 Å². The Balaban J connectivity index is 2.85. The smallest absolute Gasteiger partial charge is 0.410 e. The standard InChI is InChI=1S/C9H14N2O6/c1-16-8(12)7-4-3-6(5-10(14)15)11(7)9(13)17-2/h6-7H,3-5H2,1-2H3/t6?,7-/m0/s1. The number of carbonyl (C=O) groups excluding carboxylic acids is 2. The summed E-state index contributed by atoms with van der Waals surface area (Å²) >= 11 is 0. The van der Waals surface area contributed by atoms with Gasteiger partial charge in [-0.1, -0.05) is 0 Å². The summed E-state index contributed by atoms with van der Waals surface area (Å²) in [6.45, 7) is -0.400. The molecular formula is C9H14N2O6. The SMILES string of the molecule is COC(=O)[C@@H]1CCC(C[N+](=O)[O-])N1C(=O)OC. The van der Waals surface area contributed by atoms with E-state index in [0.29, 0.717) is 12.8 Å². The van der Waals surface area contributed by atoms with Gasteiger partial charge in [-0.15, -0.1) is 0 Å². The zero-order valence-corrected chi connectivity index (χ0v) is 9.62. The lowest BCUT2D eigenvalue weighted by Crippen LogP contribution is -2.47. The van der Waals surface area contributed by atoms with Gasteiger partial charge in [-0.25, -0.2) is 9.59 Å². The number of methoxy groups -OCH3 is 2. The molecule has 8 heteroatoms. The fourth-order valence-electron chi connectivity index (χ4n) is 1.98. The zero-order chi connectivity index (χ0) is 13.0. The van der Waals surface area contributed by atoms with Crippen molar-refractivity contribution in [1.82, 2.24) is 4.90 Å². The minimum absolute atomic E-state index is 0.347. The van der Waals surface area contributed by atoms with Crippen LogP contribution in [0.1, 0.15) is 12.8 Å². The van der Waals surface area contributed by atoms with Crippen LogP contribution in [0.3, 0.4) is 0 Å². The summed E-state index contributed by atoms with van der Waals surface area (Å²) < 4.78 is 9.08. The number of nitro groups is 1. The predicted octanol–water partition coefficient (Wildman–Crippen LogP) is 0.0355. The number of hydrogen-bond acceptors (Lipinski definition) is 6. The second-order valence-corrected chi connectivity index (χ2v) is 3.66. The number of nitrogens with zero attached hydrogens (tertiary/aromatic N) is 2. The van der Waals surface area contributed by atoms with Crippen molar-refractivity contribution in [2.45, 2.75) is 24.9 Å². The van der Waals surface area contributed by atoms with Crippen molar-refractivity contribution in [3.63, 3.8) is 0 Å². The number of carbonyl (C=O) groups is 2. The first-order chi connectivity index (χ1) is 8.01. The van der Waals surface area contributed by atoms with Crippen LogP contribution >= 0.6 is 0 Å². The average molecular weight is 246 g/mol. The molecule has 1 unspecified atom stereocenters. The fraction of sp³-hybridized carbons (Fsp3) is 0.778. The van der Waals surface area contributed by atoms with Gasteiger partial charge in [-0.2, -0.15) is 0 Å². The Labute approximate surface area is 97.6 Å². The molecule has 2 atom stereocenters. The Hall–Kier alpha value is -1.86. The number of esters is 1. The molecule has 0 aromatic carbocycles. The molecule has 96 valence electrons. The molecule has 1 saturated heterocycles. The molecule has 1 fully saturated rings. The third kappa shape index (κ3) is 2.83. The van der Waals surface area contributed by atoms with Gasteiger partial charge in [0, 0.05) is 4.92 Å². The molecule has 0 saturated carbocycles. The first-order valence-corrected chi connectivity index (χ1v) is 5.07. The van der Waals surface area contributed by atoms with Crippen LogP contribution in [-0.4, -0.2) is 54.7 Å². The maximum atomic E-state index is 11.5. The summed E-state index contributed by atoms with van der Waals surface area (Å²) in [5, 5.41) is 10.5. The topological polar surface area (TPSA) is 99.0 Å². The number of amides is 1. The minimum atomic E-state index is -0.794. The number of rotatable bonds is 3. The van der Waals surface area contributed by atoms with E-state index in [1.165, 1.54) is 7.11 Å². The molecule has 1 amide bonds. The quantitative estimate of drug-likeness (QED) is 0.396. The maximum Gasteiger partial charge on any atom is 0.410 e. The van der Waals surface area contributed by atoms with Gasteiger partial charge in [-0.3, -0.25) is 15.0 Å². The number of ether oxygens (including phenoxy) is 2. The van der Waals surface area contributed by atoms with E-state index in [0.717, 1.165) is 12.0 Å². The molecule has 17 heavy (non-hydrogen) atoms. The van der Waals surface area contributed by atoms with E-state index in [-0.39, 0.29) is 0 Å². The molecule has 0 N–H and O–H groups in total. The normalized spacial score (nSPS) is 23.3. The highest BCUT2D eigenvalue weighted by molar-refractivity contribution is 5.82. The number of hydrogen-bond donors (Lipinski definition) is 0. The molecule has 0 aromatic heterocycles. The molecular weight excluding hydrogens is 232 g/mol. The first kappa shape index (κ1) is 13.2. The Kier molecular flexibility index (Phi) is 4.24. The van der Waals surface area contributed by atoms with Crippen molar-refractivity contribution < 1.29 is 24.0 Å². The molecule has 1 aliphatic rings. The van der Waals surface area contributed by atoms with Crippen LogP contribution in [0.15, 0.2) is 0 Å². The largest absolute Gasteiger partial charge is 0.467 e. The van der Waals surface area contributed by atoms with Crippen molar-refractivity contribution in [3.05, 3.63) is 10.1 Å². The van der Waals surface area contributed by atoms with E-state index >= 15 is 0 Å². The summed E-state index contributed by atoms with van der Waals surface area (Å²) in [4.78, 5) is 34.0. The van der Waals surface area contributed by atoms with Gasteiger partial charge in [0.1, 0.15) is 12.1 Å². The lowest BCUT2D eigenvalue weighted by atomic mass is 10.2. The van der Waals surface area contributed by atoms with Crippen LogP contribution < -0.4 is 0 Å². The fourth-order valence-corrected chi connectivity index (χ4v) is 1.98. The van der Waals surface area contributed by atoms with Crippen LogP contribution in [0.25, 0.3) is 0 Å². The van der Waals surface area contributed by atoms with E-state index < -0.39 is 35.6 Å². The summed E-state index contributed by atoms with van der Waals surface area (Å²) in [6, 6.07) is -1.42. The highest BCUT2D eigenvalue weighted by atomic mass is 16.6. The number of likely N-dealkylation sites (tertiary alicyclic amines) is 1. The van der Waals surface area contributed by atoms with Gasteiger partial charge >= 0.3 is 12.1 Å². The van der Waals surface area contributed by atoms with Crippen LogP contribution in [0.5, 0.6) is 0 Å². The van der Waals surface area contributed by atoms with Crippen molar-refractivity contribution in [2.75, 3.05) is 20.8 Å². The highest BCUT2D eigenvalue weighted by Crippen LogP contribution is 2.26. The van der Waals surface area contributed by atoms with Crippen molar-refractivity contribution >= 4 is 12.1 Å². The summed E-state index contributed by atoms with van der Waals surface area (Å²) in [5.41, 5.74) is 0. The molecule has 1 aliphatic heterocycles. The molecule has 0 spiro atoms. The van der Waals surface area contributed by atoms with E-state index in [1.54, 1.807) is 0 Å². The minimum Gasteiger partial charge on any atom is -0.467 e. The third-order valence-corrected chi connectivity index (χ3v) is 2.72. The van der Waals surface area contributed by atoms with Gasteiger partial charge in [0.15, 0.2) is 0 Å². The van der Waals surface area contributed by atoms with Crippen molar-refractivity contribution in [1.29, 1.82) is 0 Å². The average Bonchev–Trinajstić information content (AvgIpc) is 2.69. The Morgan fingerprint density at radius 3 is 2.47 bits per heavy atom. The predicted molar refractivity (Wildman–Crippen MR) is 54.9 cm³/mol. The molecule has 0 aromatic rings. The lowest BCUT2D eigenvalue weighted by Gasteiger charge is -2.25. The zero-order valence-electron chi connectivity index (χ0n) is 9.62. The van der Waals surface area contributed by atoms with Gasteiger partial charge in [0.25, 0.3) is 0 Å². The Bertz CT molecular complexity index is 331. The monoisotopic (exact) mass is 246 g/mol. The second-order valence-electron chi connectivity index (χ2n) is 3.66. The highest BCUT2D eigenvalue weighted by Gasteiger charge is 2.44. The van der Waals surface area contributed by atoms with Gasteiger partial charge in [0.05, 0.1) is 14.2 Å². The molecule has 0 aliphatic carbocycles. The van der Waals surface area contributed by atoms with Gasteiger partial charge < -0.3 is 9.47 Å².